The van der Waals surface area contributed by atoms with Crippen molar-refractivity contribution < 1.29 is 14.3 Å². The Hall–Kier alpha value is -2.01. The topological polar surface area (TPSA) is 61.3 Å². The first-order valence-electron chi connectivity index (χ1n) is 5.65. The van der Waals surface area contributed by atoms with Gasteiger partial charge in [-0.15, -0.1) is 0 Å². The molecular formula is C13H12N2O3. The maximum absolute atomic E-state index is 11.9. The Morgan fingerprint density at radius 1 is 1.33 bits per heavy atom. The summed E-state index contributed by atoms with van der Waals surface area (Å²) in [5.41, 5.74) is 0.631. The molecule has 0 spiro atoms. The van der Waals surface area contributed by atoms with Gasteiger partial charge in [0.1, 0.15) is 0 Å². The fourth-order valence-electron chi connectivity index (χ4n) is 2.09. The summed E-state index contributed by atoms with van der Waals surface area (Å²) in [5, 5.41) is 9.23. The fraction of sp³-hybridized carbons (Fsp3) is 0.308. The molecule has 0 saturated carbocycles. The molecule has 0 bridgehead atoms. The number of aromatic nitrogens is 2. The summed E-state index contributed by atoms with van der Waals surface area (Å²) in [6, 6.07) is 9.53. The van der Waals surface area contributed by atoms with Crippen molar-refractivity contribution in [3.63, 3.8) is 0 Å². The first-order chi connectivity index (χ1) is 8.76. The standard InChI is InChI=1S/C13H12N2O3/c1-17-12(16)13(7-18-8-13)11-6-9-4-2-3-5-10(9)14-15-11/h2-6H,7-8H2,1H3. The van der Waals surface area contributed by atoms with Crippen molar-refractivity contribution >= 4 is 16.9 Å². The number of hydrogen-bond acceptors (Lipinski definition) is 5. The van der Waals surface area contributed by atoms with Gasteiger partial charge in [-0.05, 0) is 12.1 Å². The molecule has 1 saturated heterocycles. The van der Waals surface area contributed by atoms with Crippen molar-refractivity contribution in [1.29, 1.82) is 0 Å². The van der Waals surface area contributed by atoms with Crippen molar-refractivity contribution in [2.24, 2.45) is 0 Å². The predicted octanol–water partition coefficient (Wildman–Crippen LogP) is 1.07. The summed E-state index contributed by atoms with van der Waals surface area (Å²) < 4.78 is 10.00. The summed E-state index contributed by atoms with van der Waals surface area (Å²) in [4.78, 5) is 11.9. The van der Waals surface area contributed by atoms with E-state index in [1.54, 1.807) is 0 Å². The highest BCUT2D eigenvalue weighted by molar-refractivity contribution is 5.86. The third-order valence-electron chi connectivity index (χ3n) is 3.26. The van der Waals surface area contributed by atoms with Crippen LogP contribution < -0.4 is 0 Å². The smallest absolute Gasteiger partial charge is 0.322 e. The summed E-state index contributed by atoms with van der Waals surface area (Å²) in [7, 11) is 1.37. The van der Waals surface area contributed by atoms with E-state index in [2.05, 4.69) is 10.2 Å². The van der Waals surface area contributed by atoms with Crippen LogP contribution >= 0.6 is 0 Å². The zero-order valence-electron chi connectivity index (χ0n) is 9.92. The first kappa shape index (κ1) is 11.1. The second-order valence-corrected chi connectivity index (χ2v) is 4.35. The van der Waals surface area contributed by atoms with Crippen LogP contribution in [0.3, 0.4) is 0 Å². The van der Waals surface area contributed by atoms with E-state index in [0.717, 1.165) is 10.9 Å². The molecule has 1 aliphatic rings. The van der Waals surface area contributed by atoms with Crippen molar-refractivity contribution in [2.75, 3.05) is 20.3 Å². The molecule has 2 aromatic rings. The predicted molar refractivity (Wildman–Crippen MR) is 64.1 cm³/mol. The van der Waals surface area contributed by atoms with Gasteiger partial charge in [0, 0.05) is 5.39 Å². The van der Waals surface area contributed by atoms with Crippen molar-refractivity contribution in [1.82, 2.24) is 10.2 Å². The Morgan fingerprint density at radius 2 is 2.11 bits per heavy atom. The minimum atomic E-state index is -0.786. The van der Waals surface area contributed by atoms with E-state index in [-0.39, 0.29) is 5.97 Å². The molecule has 1 aromatic carbocycles. The number of carbonyl (C=O) groups is 1. The van der Waals surface area contributed by atoms with E-state index in [4.69, 9.17) is 9.47 Å². The molecule has 18 heavy (non-hydrogen) atoms. The summed E-state index contributed by atoms with van der Waals surface area (Å²) in [6.45, 7) is 0.597. The minimum Gasteiger partial charge on any atom is -0.468 e. The molecule has 0 atom stereocenters. The molecule has 0 aliphatic carbocycles. The number of esters is 1. The number of benzene rings is 1. The third-order valence-corrected chi connectivity index (χ3v) is 3.26. The van der Waals surface area contributed by atoms with Gasteiger partial charge >= 0.3 is 5.97 Å². The average molecular weight is 244 g/mol. The minimum absolute atomic E-state index is 0.298. The number of rotatable bonds is 2. The van der Waals surface area contributed by atoms with Gasteiger partial charge < -0.3 is 9.47 Å². The van der Waals surface area contributed by atoms with Crippen LogP contribution in [0.2, 0.25) is 0 Å². The van der Waals surface area contributed by atoms with Crippen LogP contribution in [0.25, 0.3) is 10.9 Å². The van der Waals surface area contributed by atoms with Crippen molar-refractivity contribution in [3.8, 4) is 0 Å². The lowest BCUT2D eigenvalue weighted by Gasteiger charge is -2.37. The number of nitrogens with zero attached hydrogens (tertiary/aromatic N) is 2. The molecule has 1 aromatic heterocycles. The lowest BCUT2D eigenvalue weighted by molar-refractivity contribution is -0.167. The van der Waals surface area contributed by atoms with E-state index in [0.29, 0.717) is 18.9 Å². The van der Waals surface area contributed by atoms with Gasteiger partial charge in [-0.25, -0.2) is 0 Å². The van der Waals surface area contributed by atoms with Crippen LogP contribution in [0.15, 0.2) is 30.3 Å². The third kappa shape index (κ3) is 1.48. The van der Waals surface area contributed by atoms with Gasteiger partial charge in [0.25, 0.3) is 0 Å². The normalized spacial score (nSPS) is 17.2. The number of fused-ring (bicyclic) bond motifs is 1. The van der Waals surface area contributed by atoms with Crippen LogP contribution in [0.5, 0.6) is 0 Å². The number of hydrogen-bond donors (Lipinski definition) is 0. The summed E-state index contributed by atoms with van der Waals surface area (Å²) >= 11 is 0. The average Bonchev–Trinajstić information content (AvgIpc) is 2.37. The van der Waals surface area contributed by atoms with E-state index in [9.17, 15) is 4.79 Å². The van der Waals surface area contributed by atoms with Gasteiger partial charge in [-0.2, -0.15) is 10.2 Å². The van der Waals surface area contributed by atoms with Crippen LogP contribution in [0.1, 0.15) is 5.69 Å². The Morgan fingerprint density at radius 3 is 2.78 bits per heavy atom. The van der Waals surface area contributed by atoms with Crippen LogP contribution in [-0.2, 0) is 19.7 Å². The van der Waals surface area contributed by atoms with Gasteiger partial charge in [0.15, 0.2) is 5.41 Å². The van der Waals surface area contributed by atoms with Crippen LogP contribution in [0, 0.1) is 0 Å². The van der Waals surface area contributed by atoms with Gasteiger partial charge in [0.05, 0.1) is 31.5 Å². The molecule has 0 amide bonds. The second kappa shape index (κ2) is 4.03. The highest BCUT2D eigenvalue weighted by Gasteiger charge is 2.50. The monoisotopic (exact) mass is 244 g/mol. The highest BCUT2D eigenvalue weighted by Crippen LogP contribution is 2.33. The molecule has 0 unspecified atom stereocenters. The molecule has 5 heteroatoms. The Bertz CT molecular complexity index is 608. The molecule has 3 rings (SSSR count). The Balaban J connectivity index is 2.10. The zero-order valence-corrected chi connectivity index (χ0v) is 9.92. The van der Waals surface area contributed by atoms with Gasteiger partial charge in [-0.1, -0.05) is 18.2 Å². The van der Waals surface area contributed by atoms with E-state index < -0.39 is 5.41 Å². The quantitative estimate of drug-likeness (QED) is 0.739. The number of carbonyl (C=O) groups excluding carboxylic acids is 1. The fourth-order valence-corrected chi connectivity index (χ4v) is 2.09. The first-order valence-corrected chi connectivity index (χ1v) is 5.65. The van der Waals surface area contributed by atoms with Crippen molar-refractivity contribution in [2.45, 2.75) is 5.41 Å². The lowest BCUT2D eigenvalue weighted by Crippen LogP contribution is -2.54. The van der Waals surface area contributed by atoms with E-state index in [1.807, 2.05) is 30.3 Å². The molecule has 0 radical (unpaired) electrons. The van der Waals surface area contributed by atoms with Gasteiger partial charge in [0.2, 0.25) is 0 Å². The zero-order chi connectivity index (χ0) is 12.6. The van der Waals surface area contributed by atoms with Crippen molar-refractivity contribution in [3.05, 3.63) is 36.0 Å². The molecule has 92 valence electrons. The number of methoxy groups -OCH3 is 1. The second-order valence-electron chi connectivity index (χ2n) is 4.35. The van der Waals surface area contributed by atoms with E-state index in [1.165, 1.54) is 7.11 Å². The maximum atomic E-state index is 11.9. The van der Waals surface area contributed by atoms with Crippen LogP contribution in [0.4, 0.5) is 0 Å². The molecule has 5 nitrogen and oxygen atoms in total. The van der Waals surface area contributed by atoms with Crippen LogP contribution in [-0.4, -0.2) is 36.5 Å². The molecular weight excluding hydrogens is 232 g/mol. The largest absolute Gasteiger partial charge is 0.468 e. The molecule has 1 fully saturated rings. The lowest BCUT2D eigenvalue weighted by atomic mass is 9.82. The van der Waals surface area contributed by atoms with E-state index >= 15 is 0 Å². The molecule has 1 aliphatic heterocycles. The SMILES string of the molecule is COC(=O)C1(c2cc3ccccc3nn2)COC1. The number of ether oxygens (including phenoxy) is 2. The Kier molecular flexibility index (Phi) is 2.48. The highest BCUT2D eigenvalue weighted by atomic mass is 16.5. The summed E-state index contributed by atoms with van der Waals surface area (Å²) in [5.74, 6) is -0.321. The van der Waals surface area contributed by atoms with Gasteiger partial charge in [-0.3, -0.25) is 4.79 Å². The maximum Gasteiger partial charge on any atom is 0.322 e. The molecule has 2 heterocycles. The Labute approximate surface area is 104 Å². The summed E-state index contributed by atoms with van der Waals surface area (Å²) in [6.07, 6.45) is 0. The molecule has 0 N–H and O–H groups in total.